The number of rotatable bonds is 5. The molecule has 1 atom stereocenters. The summed E-state index contributed by atoms with van der Waals surface area (Å²) in [7, 11) is 0. The SMILES string of the molecule is CC(F)COc1ccc2cc(CN=C(N)N)ccc2c1. The van der Waals surface area contributed by atoms with Crippen LogP contribution in [-0.2, 0) is 6.54 Å². The second kappa shape index (κ2) is 6.23. The van der Waals surface area contributed by atoms with Crippen LogP contribution in [0.5, 0.6) is 5.75 Å². The van der Waals surface area contributed by atoms with Gasteiger partial charge in [0.1, 0.15) is 18.5 Å². The zero-order chi connectivity index (χ0) is 14.5. The number of halogens is 1. The molecule has 0 heterocycles. The molecule has 2 aromatic rings. The average Bonchev–Trinajstić information content (AvgIpc) is 2.42. The maximum absolute atomic E-state index is 12.7. The second-order valence-electron chi connectivity index (χ2n) is 4.68. The molecule has 5 heteroatoms. The Bertz CT molecular complexity index is 622. The Morgan fingerprint density at radius 2 is 1.90 bits per heavy atom. The Balaban J connectivity index is 2.18. The van der Waals surface area contributed by atoms with Gasteiger partial charge in [-0.3, -0.25) is 0 Å². The number of guanidine groups is 1. The first-order valence-corrected chi connectivity index (χ1v) is 6.39. The number of fused-ring (bicyclic) bond motifs is 1. The summed E-state index contributed by atoms with van der Waals surface area (Å²) in [5.41, 5.74) is 11.6. The molecule has 0 aliphatic rings. The Morgan fingerprint density at radius 1 is 1.20 bits per heavy atom. The minimum absolute atomic E-state index is 0.0636. The lowest BCUT2D eigenvalue weighted by atomic mass is 10.1. The van der Waals surface area contributed by atoms with E-state index in [1.165, 1.54) is 6.92 Å². The molecule has 0 aromatic heterocycles. The van der Waals surface area contributed by atoms with Crippen molar-refractivity contribution in [2.45, 2.75) is 19.6 Å². The van der Waals surface area contributed by atoms with Crippen LogP contribution in [0, 0.1) is 0 Å². The second-order valence-corrected chi connectivity index (χ2v) is 4.68. The molecule has 4 N–H and O–H groups in total. The highest BCUT2D eigenvalue weighted by atomic mass is 19.1. The van der Waals surface area contributed by atoms with E-state index in [2.05, 4.69) is 4.99 Å². The predicted octanol–water partition coefficient (Wildman–Crippen LogP) is 2.35. The lowest BCUT2D eigenvalue weighted by Gasteiger charge is -2.08. The van der Waals surface area contributed by atoms with Crippen molar-refractivity contribution in [1.82, 2.24) is 0 Å². The van der Waals surface area contributed by atoms with E-state index >= 15 is 0 Å². The standard InChI is InChI=1S/C15H18FN3O/c1-10(16)9-20-14-5-4-12-6-11(8-19-15(17)18)2-3-13(12)7-14/h2-7,10H,8-9H2,1H3,(H4,17,18,19). The van der Waals surface area contributed by atoms with Gasteiger partial charge in [-0.15, -0.1) is 0 Å². The van der Waals surface area contributed by atoms with Gasteiger partial charge in [-0.1, -0.05) is 18.2 Å². The van der Waals surface area contributed by atoms with Gasteiger partial charge >= 0.3 is 0 Å². The summed E-state index contributed by atoms with van der Waals surface area (Å²) < 4.78 is 18.1. The van der Waals surface area contributed by atoms with Gasteiger partial charge in [0.05, 0.1) is 6.54 Å². The van der Waals surface area contributed by atoms with E-state index in [0.29, 0.717) is 12.3 Å². The van der Waals surface area contributed by atoms with E-state index in [4.69, 9.17) is 16.2 Å². The highest BCUT2D eigenvalue weighted by molar-refractivity contribution is 5.84. The van der Waals surface area contributed by atoms with E-state index in [9.17, 15) is 4.39 Å². The molecule has 4 nitrogen and oxygen atoms in total. The number of alkyl halides is 1. The molecular weight excluding hydrogens is 257 g/mol. The molecule has 20 heavy (non-hydrogen) atoms. The maximum atomic E-state index is 12.7. The van der Waals surface area contributed by atoms with Crippen molar-refractivity contribution in [2.24, 2.45) is 16.5 Å². The van der Waals surface area contributed by atoms with Crippen LogP contribution < -0.4 is 16.2 Å². The summed E-state index contributed by atoms with van der Waals surface area (Å²) >= 11 is 0. The Morgan fingerprint density at radius 3 is 2.60 bits per heavy atom. The molecule has 0 aliphatic heterocycles. The fourth-order valence-corrected chi connectivity index (χ4v) is 1.86. The van der Waals surface area contributed by atoms with Gasteiger partial charge in [0, 0.05) is 0 Å². The molecule has 0 saturated carbocycles. The molecule has 2 aromatic carbocycles. The van der Waals surface area contributed by atoms with Crippen molar-refractivity contribution < 1.29 is 9.13 Å². The molecule has 2 rings (SSSR count). The predicted molar refractivity (Wildman–Crippen MR) is 79.5 cm³/mol. The smallest absolute Gasteiger partial charge is 0.186 e. The van der Waals surface area contributed by atoms with Gasteiger partial charge < -0.3 is 16.2 Å². The molecule has 0 radical (unpaired) electrons. The summed E-state index contributed by atoms with van der Waals surface area (Å²) in [4.78, 5) is 3.97. The third kappa shape index (κ3) is 3.85. The average molecular weight is 275 g/mol. The fraction of sp³-hybridized carbons (Fsp3) is 0.267. The number of nitrogens with zero attached hydrogens (tertiary/aromatic N) is 1. The Kier molecular flexibility index (Phi) is 4.40. The summed E-state index contributed by atoms with van der Waals surface area (Å²) in [6, 6.07) is 11.6. The normalized spacial score (nSPS) is 12.1. The first-order chi connectivity index (χ1) is 9.54. The number of benzene rings is 2. The highest BCUT2D eigenvalue weighted by Gasteiger charge is 2.02. The van der Waals surface area contributed by atoms with E-state index in [0.717, 1.165) is 16.3 Å². The van der Waals surface area contributed by atoms with Crippen LogP contribution in [0.1, 0.15) is 12.5 Å². The van der Waals surface area contributed by atoms with Crippen molar-refractivity contribution in [1.29, 1.82) is 0 Å². The van der Waals surface area contributed by atoms with Gasteiger partial charge in [0.2, 0.25) is 0 Å². The van der Waals surface area contributed by atoms with E-state index in [1.807, 2.05) is 36.4 Å². The number of hydrogen-bond donors (Lipinski definition) is 2. The number of nitrogens with two attached hydrogens (primary N) is 2. The highest BCUT2D eigenvalue weighted by Crippen LogP contribution is 2.22. The first kappa shape index (κ1) is 14.1. The number of hydrogen-bond acceptors (Lipinski definition) is 2. The molecule has 0 amide bonds. The summed E-state index contributed by atoms with van der Waals surface area (Å²) in [6.45, 7) is 1.99. The van der Waals surface area contributed by atoms with Crippen molar-refractivity contribution in [3.05, 3.63) is 42.0 Å². The molecule has 0 fully saturated rings. The molecular formula is C15H18FN3O. The lowest BCUT2D eigenvalue weighted by Crippen LogP contribution is -2.22. The van der Waals surface area contributed by atoms with Crippen LogP contribution in [-0.4, -0.2) is 18.7 Å². The molecule has 0 bridgehead atoms. The van der Waals surface area contributed by atoms with Crippen LogP contribution in [0.4, 0.5) is 4.39 Å². The maximum Gasteiger partial charge on any atom is 0.186 e. The zero-order valence-electron chi connectivity index (χ0n) is 11.3. The van der Waals surface area contributed by atoms with Crippen LogP contribution in [0.25, 0.3) is 10.8 Å². The summed E-state index contributed by atoms with van der Waals surface area (Å²) in [5, 5.41) is 2.09. The largest absolute Gasteiger partial charge is 0.491 e. The monoisotopic (exact) mass is 275 g/mol. The number of ether oxygens (including phenoxy) is 1. The van der Waals surface area contributed by atoms with Gasteiger partial charge in [0.25, 0.3) is 0 Å². The lowest BCUT2D eigenvalue weighted by molar-refractivity contribution is 0.210. The van der Waals surface area contributed by atoms with Gasteiger partial charge in [0.15, 0.2) is 5.96 Å². The molecule has 0 saturated heterocycles. The Hall–Kier alpha value is -2.30. The van der Waals surface area contributed by atoms with E-state index in [1.54, 1.807) is 0 Å². The van der Waals surface area contributed by atoms with Crippen molar-refractivity contribution in [3.63, 3.8) is 0 Å². The summed E-state index contributed by atoms with van der Waals surface area (Å²) in [6.07, 6.45) is -0.979. The van der Waals surface area contributed by atoms with E-state index < -0.39 is 6.17 Å². The molecule has 1 unspecified atom stereocenters. The van der Waals surface area contributed by atoms with Crippen LogP contribution in [0.2, 0.25) is 0 Å². The molecule has 106 valence electrons. The fourth-order valence-electron chi connectivity index (χ4n) is 1.86. The molecule has 0 aliphatic carbocycles. The van der Waals surface area contributed by atoms with Crippen molar-refractivity contribution in [3.8, 4) is 5.75 Å². The minimum atomic E-state index is -0.979. The molecule has 0 spiro atoms. The topological polar surface area (TPSA) is 73.6 Å². The summed E-state index contributed by atoms with van der Waals surface area (Å²) in [5.74, 6) is 0.744. The van der Waals surface area contributed by atoms with Gasteiger partial charge in [-0.2, -0.15) is 0 Å². The van der Waals surface area contributed by atoms with Crippen molar-refractivity contribution in [2.75, 3.05) is 6.61 Å². The zero-order valence-corrected chi connectivity index (χ0v) is 11.3. The first-order valence-electron chi connectivity index (χ1n) is 6.39. The van der Waals surface area contributed by atoms with Crippen LogP contribution >= 0.6 is 0 Å². The van der Waals surface area contributed by atoms with E-state index in [-0.39, 0.29) is 12.6 Å². The van der Waals surface area contributed by atoms with Gasteiger partial charge in [-0.25, -0.2) is 9.38 Å². The Labute approximate surface area is 117 Å². The van der Waals surface area contributed by atoms with Crippen LogP contribution in [0.3, 0.4) is 0 Å². The minimum Gasteiger partial charge on any atom is -0.491 e. The van der Waals surface area contributed by atoms with Crippen molar-refractivity contribution >= 4 is 16.7 Å². The third-order valence-electron chi connectivity index (χ3n) is 2.80. The third-order valence-corrected chi connectivity index (χ3v) is 2.80. The number of aliphatic imine (C=N–C) groups is 1. The quantitative estimate of drug-likeness (QED) is 0.649. The van der Waals surface area contributed by atoms with Crippen LogP contribution in [0.15, 0.2) is 41.4 Å². The van der Waals surface area contributed by atoms with Gasteiger partial charge in [-0.05, 0) is 41.5 Å².